The van der Waals surface area contributed by atoms with Gasteiger partial charge in [-0.3, -0.25) is 4.79 Å². The second kappa shape index (κ2) is 8.13. The van der Waals surface area contributed by atoms with Crippen LogP contribution in [0, 0.1) is 0 Å². The Morgan fingerprint density at radius 2 is 1.96 bits per heavy atom. The largest absolute Gasteiger partial charge is 0.497 e. The predicted molar refractivity (Wildman–Crippen MR) is 100 cm³/mol. The summed E-state index contributed by atoms with van der Waals surface area (Å²) in [6, 6.07) is 13.4. The molecule has 1 aliphatic rings. The summed E-state index contributed by atoms with van der Waals surface area (Å²) in [5, 5.41) is 0. The summed E-state index contributed by atoms with van der Waals surface area (Å²) in [5.41, 5.74) is 1.72. The quantitative estimate of drug-likeness (QED) is 0.783. The topological polar surface area (TPSA) is 48.0 Å². The van der Waals surface area contributed by atoms with Crippen LogP contribution in [0.25, 0.3) is 0 Å². The summed E-state index contributed by atoms with van der Waals surface area (Å²) in [5.74, 6) is 2.05. The average Bonchev–Trinajstić information content (AvgIpc) is 3.18. The number of carbonyl (C=O) groups excluding carboxylic acids is 1. The molecule has 1 aliphatic heterocycles. The first-order chi connectivity index (χ1) is 12.7. The minimum absolute atomic E-state index is 0.0108. The predicted octanol–water partition coefficient (Wildman–Crippen LogP) is 4.08. The normalized spacial score (nSPS) is 16.4. The van der Waals surface area contributed by atoms with Gasteiger partial charge in [-0.1, -0.05) is 12.1 Å². The van der Waals surface area contributed by atoms with E-state index in [-0.39, 0.29) is 11.9 Å². The molecule has 1 unspecified atom stereocenters. The smallest absolute Gasteiger partial charge is 0.254 e. The number of rotatable bonds is 6. The van der Waals surface area contributed by atoms with Crippen LogP contribution in [0.15, 0.2) is 42.5 Å². The molecule has 0 N–H and O–H groups in total. The van der Waals surface area contributed by atoms with Crippen LogP contribution in [0.5, 0.6) is 17.2 Å². The summed E-state index contributed by atoms with van der Waals surface area (Å²) in [6.07, 6.45) is 1.94. The zero-order chi connectivity index (χ0) is 18.5. The van der Waals surface area contributed by atoms with Crippen LogP contribution in [-0.2, 0) is 0 Å². The Morgan fingerprint density at radius 3 is 2.69 bits per heavy atom. The Morgan fingerprint density at radius 1 is 1.12 bits per heavy atom. The first-order valence-corrected chi connectivity index (χ1v) is 8.93. The molecule has 1 heterocycles. The highest BCUT2D eigenvalue weighted by molar-refractivity contribution is 5.95. The summed E-state index contributed by atoms with van der Waals surface area (Å²) < 4.78 is 16.2. The van der Waals surface area contributed by atoms with Gasteiger partial charge < -0.3 is 19.1 Å². The van der Waals surface area contributed by atoms with Gasteiger partial charge in [0.25, 0.3) is 5.91 Å². The van der Waals surface area contributed by atoms with Gasteiger partial charge in [0.05, 0.1) is 26.9 Å². The molecule has 0 spiro atoms. The van der Waals surface area contributed by atoms with Gasteiger partial charge in [0.15, 0.2) is 11.5 Å². The second-order valence-corrected chi connectivity index (χ2v) is 6.23. The van der Waals surface area contributed by atoms with E-state index in [1.165, 1.54) is 0 Å². The van der Waals surface area contributed by atoms with E-state index in [2.05, 4.69) is 6.07 Å². The van der Waals surface area contributed by atoms with Crippen LogP contribution < -0.4 is 14.2 Å². The molecule has 0 radical (unpaired) electrons. The molecule has 1 saturated heterocycles. The number of likely N-dealkylation sites (tertiary alicyclic amines) is 1. The standard InChI is InChI=1S/C21H25NO4/c1-4-26-19-11-10-16(14-20(19)25-3)21(23)22-12-6-9-18(22)15-7-5-8-17(13-15)24-2/h5,7-8,10-11,13-14,18H,4,6,9,12H2,1-3H3. The Bertz CT molecular complexity index is 774. The van der Waals surface area contributed by atoms with Gasteiger partial charge in [0.1, 0.15) is 5.75 Å². The molecular formula is C21H25NO4. The Labute approximate surface area is 154 Å². The van der Waals surface area contributed by atoms with Crippen molar-refractivity contribution < 1.29 is 19.0 Å². The minimum Gasteiger partial charge on any atom is -0.497 e. The van der Waals surface area contributed by atoms with Crippen LogP contribution >= 0.6 is 0 Å². The van der Waals surface area contributed by atoms with E-state index in [1.807, 2.05) is 30.0 Å². The molecular weight excluding hydrogens is 330 g/mol. The second-order valence-electron chi connectivity index (χ2n) is 6.23. The maximum atomic E-state index is 13.1. The first kappa shape index (κ1) is 18.1. The monoisotopic (exact) mass is 355 g/mol. The van der Waals surface area contributed by atoms with Crippen molar-refractivity contribution in [2.45, 2.75) is 25.8 Å². The minimum atomic E-state index is 0.0108. The van der Waals surface area contributed by atoms with Crippen molar-refractivity contribution in [2.24, 2.45) is 0 Å². The molecule has 0 aromatic heterocycles. The molecule has 138 valence electrons. The molecule has 5 heteroatoms. The zero-order valence-corrected chi connectivity index (χ0v) is 15.5. The molecule has 1 amide bonds. The molecule has 0 aliphatic carbocycles. The highest BCUT2D eigenvalue weighted by Crippen LogP contribution is 2.36. The van der Waals surface area contributed by atoms with E-state index in [0.717, 1.165) is 30.7 Å². The Hall–Kier alpha value is -2.69. The van der Waals surface area contributed by atoms with E-state index < -0.39 is 0 Å². The number of amides is 1. The fourth-order valence-corrected chi connectivity index (χ4v) is 3.45. The van der Waals surface area contributed by atoms with Crippen molar-refractivity contribution in [3.8, 4) is 17.2 Å². The average molecular weight is 355 g/mol. The molecule has 0 saturated carbocycles. The lowest BCUT2D eigenvalue weighted by Crippen LogP contribution is -2.30. The Balaban J connectivity index is 1.86. The van der Waals surface area contributed by atoms with Crippen molar-refractivity contribution in [1.82, 2.24) is 4.90 Å². The maximum Gasteiger partial charge on any atom is 0.254 e. The van der Waals surface area contributed by atoms with Gasteiger partial charge in [-0.15, -0.1) is 0 Å². The van der Waals surface area contributed by atoms with E-state index in [1.54, 1.807) is 32.4 Å². The number of carbonyl (C=O) groups is 1. The van der Waals surface area contributed by atoms with Crippen LogP contribution in [-0.4, -0.2) is 38.2 Å². The van der Waals surface area contributed by atoms with Crippen molar-refractivity contribution in [3.63, 3.8) is 0 Å². The van der Waals surface area contributed by atoms with Crippen LogP contribution in [0.4, 0.5) is 0 Å². The number of hydrogen-bond acceptors (Lipinski definition) is 4. The SMILES string of the molecule is CCOc1ccc(C(=O)N2CCCC2c2cccc(OC)c2)cc1OC. The molecule has 2 aromatic rings. The van der Waals surface area contributed by atoms with E-state index in [0.29, 0.717) is 23.7 Å². The maximum absolute atomic E-state index is 13.1. The van der Waals surface area contributed by atoms with Crippen LogP contribution in [0.3, 0.4) is 0 Å². The van der Waals surface area contributed by atoms with Crippen LogP contribution in [0.2, 0.25) is 0 Å². The van der Waals surface area contributed by atoms with Crippen LogP contribution in [0.1, 0.15) is 41.7 Å². The van der Waals surface area contributed by atoms with E-state index in [4.69, 9.17) is 14.2 Å². The number of ether oxygens (including phenoxy) is 3. The summed E-state index contributed by atoms with van der Waals surface area (Å²) in [7, 11) is 3.24. The zero-order valence-electron chi connectivity index (χ0n) is 15.5. The number of benzene rings is 2. The lowest BCUT2D eigenvalue weighted by atomic mass is 10.0. The highest BCUT2D eigenvalue weighted by atomic mass is 16.5. The molecule has 3 rings (SSSR count). The number of hydrogen-bond donors (Lipinski definition) is 0. The van der Waals surface area contributed by atoms with Crippen molar-refractivity contribution in [1.29, 1.82) is 0 Å². The summed E-state index contributed by atoms with van der Waals surface area (Å²) in [4.78, 5) is 15.1. The van der Waals surface area contributed by atoms with Gasteiger partial charge in [-0.2, -0.15) is 0 Å². The summed E-state index contributed by atoms with van der Waals surface area (Å²) >= 11 is 0. The third-order valence-corrected chi connectivity index (χ3v) is 4.70. The number of methoxy groups -OCH3 is 2. The molecule has 2 aromatic carbocycles. The van der Waals surface area contributed by atoms with Crippen molar-refractivity contribution >= 4 is 5.91 Å². The summed E-state index contributed by atoms with van der Waals surface area (Å²) in [6.45, 7) is 3.21. The Kier molecular flexibility index (Phi) is 5.66. The van der Waals surface area contributed by atoms with Crippen molar-refractivity contribution in [2.75, 3.05) is 27.4 Å². The lowest BCUT2D eigenvalue weighted by Gasteiger charge is -2.26. The van der Waals surface area contributed by atoms with Gasteiger partial charge in [0, 0.05) is 12.1 Å². The van der Waals surface area contributed by atoms with Gasteiger partial charge in [0.2, 0.25) is 0 Å². The van der Waals surface area contributed by atoms with Gasteiger partial charge >= 0.3 is 0 Å². The van der Waals surface area contributed by atoms with Gasteiger partial charge in [-0.25, -0.2) is 0 Å². The van der Waals surface area contributed by atoms with Gasteiger partial charge in [-0.05, 0) is 55.7 Å². The fraction of sp³-hybridized carbons (Fsp3) is 0.381. The molecule has 26 heavy (non-hydrogen) atoms. The third kappa shape index (κ3) is 3.62. The van der Waals surface area contributed by atoms with E-state index in [9.17, 15) is 4.79 Å². The molecule has 1 atom stereocenters. The fourth-order valence-electron chi connectivity index (χ4n) is 3.45. The molecule has 0 bridgehead atoms. The third-order valence-electron chi connectivity index (χ3n) is 4.70. The first-order valence-electron chi connectivity index (χ1n) is 8.93. The lowest BCUT2D eigenvalue weighted by molar-refractivity contribution is 0.0735. The van der Waals surface area contributed by atoms with Crippen molar-refractivity contribution in [3.05, 3.63) is 53.6 Å². The van der Waals surface area contributed by atoms with E-state index >= 15 is 0 Å². The molecule has 1 fully saturated rings. The highest BCUT2D eigenvalue weighted by Gasteiger charge is 2.31. The number of nitrogens with zero attached hydrogens (tertiary/aromatic N) is 1. The molecule has 5 nitrogen and oxygen atoms in total.